The average Bonchev–Trinajstić information content (AvgIpc) is 2.45. The van der Waals surface area contributed by atoms with Crippen LogP contribution in [-0.2, 0) is 9.59 Å². The first-order valence-electron chi connectivity index (χ1n) is 6.65. The first-order valence-corrected chi connectivity index (χ1v) is 7.41. The SMILES string of the molecule is CC(=O)N(CC(=O)Nc1cccc(F)c1)c1ccc(Cl)cc1Cl. The van der Waals surface area contributed by atoms with Gasteiger partial charge in [-0.05, 0) is 36.4 Å². The smallest absolute Gasteiger partial charge is 0.244 e. The van der Waals surface area contributed by atoms with E-state index in [9.17, 15) is 14.0 Å². The topological polar surface area (TPSA) is 49.4 Å². The molecule has 2 aromatic rings. The second-order valence-electron chi connectivity index (χ2n) is 4.76. The van der Waals surface area contributed by atoms with Crippen LogP contribution in [0.3, 0.4) is 0 Å². The molecule has 0 saturated carbocycles. The molecule has 0 radical (unpaired) electrons. The summed E-state index contributed by atoms with van der Waals surface area (Å²) in [6, 6.07) is 10.1. The highest BCUT2D eigenvalue weighted by Gasteiger charge is 2.18. The molecule has 0 spiro atoms. The second kappa shape index (κ2) is 7.44. The van der Waals surface area contributed by atoms with Gasteiger partial charge in [-0.3, -0.25) is 9.59 Å². The number of halogens is 3. The van der Waals surface area contributed by atoms with Crippen LogP contribution in [0.1, 0.15) is 6.92 Å². The Kier molecular flexibility index (Phi) is 5.58. The van der Waals surface area contributed by atoms with Gasteiger partial charge in [-0.25, -0.2) is 4.39 Å². The molecular formula is C16H13Cl2FN2O2. The Morgan fingerprint density at radius 1 is 1.17 bits per heavy atom. The molecule has 2 rings (SSSR count). The van der Waals surface area contributed by atoms with Gasteiger partial charge in [-0.2, -0.15) is 0 Å². The van der Waals surface area contributed by atoms with Gasteiger partial charge in [-0.1, -0.05) is 29.3 Å². The van der Waals surface area contributed by atoms with Gasteiger partial charge in [0.2, 0.25) is 11.8 Å². The van der Waals surface area contributed by atoms with E-state index in [1.54, 1.807) is 18.2 Å². The quantitative estimate of drug-likeness (QED) is 0.897. The molecule has 0 fully saturated rings. The van der Waals surface area contributed by atoms with Crippen LogP contribution in [0.15, 0.2) is 42.5 Å². The van der Waals surface area contributed by atoms with Gasteiger partial charge >= 0.3 is 0 Å². The molecule has 2 amide bonds. The molecule has 0 heterocycles. The van der Waals surface area contributed by atoms with Gasteiger partial charge in [0, 0.05) is 17.6 Å². The minimum atomic E-state index is -0.475. The van der Waals surface area contributed by atoms with Crippen molar-refractivity contribution in [3.8, 4) is 0 Å². The molecule has 1 N–H and O–H groups in total. The third-order valence-electron chi connectivity index (χ3n) is 2.99. The van der Waals surface area contributed by atoms with E-state index in [4.69, 9.17) is 23.2 Å². The fourth-order valence-electron chi connectivity index (χ4n) is 1.98. The van der Waals surface area contributed by atoms with Crippen molar-refractivity contribution in [3.63, 3.8) is 0 Å². The molecule has 2 aromatic carbocycles. The molecule has 7 heteroatoms. The Hall–Kier alpha value is -2.11. The van der Waals surface area contributed by atoms with Gasteiger partial charge in [0.15, 0.2) is 0 Å². The third kappa shape index (κ3) is 4.68. The zero-order chi connectivity index (χ0) is 17.0. The van der Waals surface area contributed by atoms with Gasteiger partial charge < -0.3 is 10.2 Å². The second-order valence-corrected chi connectivity index (χ2v) is 5.60. The highest BCUT2D eigenvalue weighted by Crippen LogP contribution is 2.29. The summed E-state index contributed by atoms with van der Waals surface area (Å²) in [7, 11) is 0. The lowest BCUT2D eigenvalue weighted by Crippen LogP contribution is -2.36. The number of carbonyl (C=O) groups is 2. The predicted octanol–water partition coefficient (Wildman–Crippen LogP) is 4.12. The Balaban J connectivity index is 2.16. The fourth-order valence-corrected chi connectivity index (χ4v) is 2.49. The molecule has 0 unspecified atom stereocenters. The van der Waals surface area contributed by atoms with Crippen LogP contribution in [0, 0.1) is 5.82 Å². The molecule has 0 aliphatic carbocycles. The molecule has 0 aliphatic rings. The highest BCUT2D eigenvalue weighted by atomic mass is 35.5. The number of amides is 2. The number of hydrogen-bond acceptors (Lipinski definition) is 2. The van der Waals surface area contributed by atoms with Crippen molar-refractivity contribution in [2.75, 3.05) is 16.8 Å². The summed E-state index contributed by atoms with van der Waals surface area (Å²) in [5.41, 5.74) is 0.679. The molecule has 4 nitrogen and oxygen atoms in total. The van der Waals surface area contributed by atoms with E-state index in [-0.39, 0.29) is 17.5 Å². The van der Waals surface area contributed by atoms with E-state index >= 15 is 0 Å². The molecule has 23 heavy (non-hydrogen) atoms. The van der Waals surface area contributed by atoms with Crippen LogP contribution in [0.4, 0.5) is 15.8 Å². The zero-order valence-corrected chi connectivity index (χ0v) is 13.7. The maximum absolute atomic E-state index is 13.1. The van der Waals surface area contributed by atoms with E-state index in [1.807, 2.05) is 0 Å². The summed E-state index contributed by atoms with van der Waals surface area (Å²) in [5.74, 6) is -1.30. The third-order valence-corrected chi connectivity index (χ3v) is 3.53. The van der Waals surface area contributed by atoms with Crippen molar-refractivity contribution >= 4 is 46.4 Å². The van der Waals surface area contributed by atoms with E-state index < -0.39 is 11.7 Å². The lowest BCUT2D eigenvalue weighted by atomic mass is 10.2. The molecule has 0 atom stereocenters. The van der Waals surface area contributed by atoms with Gasteiger partial charge in [0.25, 0.3) is 0 Å². The van der Waals surface area contributed by atoms with Crippen LogP contribution in [0.5, 0.6) is 0 Å². The van der Waals surface area contributed by atoms with Crippen molar-refractivity contribution in [2.24, 2.45) is 0 Å². The molecule has 0 aromatic heterocycles. The number of carbonyl (C=O) groups excluding carboxylic acids is 2. The lowest BCUT2D eigenvalue weighted by Gasteiger charge is -2.22. The van der Waals surface area contributed by atoms with Crippen LogP contribution in [0.25, 0.3) is 0 Å². The molecule has 0 bridgehead atoms. The van der Waals surface area contributed by atoms with Crippen molar-refractivity contribution in [1.82, 2.24) is 0 Å². The number of nitrogens with one attached hydrogen (secondary N) is 1. The Bertz CT molecular complexity index is 753. The monoisotopic (exact) mass is 354 g/mol. The van der Waals surface area contributed by atoms with E-state index in [1.165, 1.54) is 36.1 Å². The lowest BCUT2D eigenvalue weighted by molar-refractivity contribution is -0.120. The summed E-state index contributed by atoms with van der Waals surface area (Å²) in [5, 5.41) is 3.21. The summed E-state index contributed by atoms with van der Waals surface area (Å²) in [4.78, 5) is 25.1. The zero-order valence-electron chi connectivity index (χ0n) is 12.1. The summed E-state index contributed by atoms with van der Waals surface area (Å²) in [6.07, 6.45) is 0. The average molecular weight is 355 g/mol. The van der Waals surface area contributed by atoms with Crippen LogP contribution in [0.2, 0.25) is 10.0 Å². The standard InChI is InChI=1S/C16H13Cl2FN2O2/c1-10(22)21(15-6-5-11(17)7-14(15)18)9-16(23)20-13-4-2-3-12(19)8-13/h2-8H,9H2,1H3,(H,20,23). The van der Waals surface area contributed by atoms with E-state index in [2.05, 4.69) is 5.32 Å². The number of rotatable bonds is 4. The van der Waals surface area contributed by atoms with Crippen LogP contribution in [-0.4, -0.2) is 18.4 Å². The predicted molar refractivity (Wildman–Crippen MR) is 89.5 cm³/mol. The van der Waals surface area contributed by atoms with Crippen LogP contribution < -0.4 is 10.2 Å². The Morgan fingerprint density at radius 2 is 1.91 bits per heavy atom. The van der Waals surface area contributed by atoms with Gasteiger partial charge in [0.1, 0.15) is 12.4 Å². The molecule has 120 valence electrons. The van der Waals surface area contributed by atoms with Crippen molar-refractivity contribution < 1.29 is 14.0 Å². The number of hydrogen-bond donors (Lipinski definition) is 1. The van der Waals surface area contributed by atoms with Gasteiger partial charge in [0.05, 0.1) is 10.7 Å². The molecule has 0 aliphatic heterocycles. The normalized spacial score (nSPS) is 10.3. The number of nitrogens with zero attached hydrogens (tertiary/aromatic N) is 1. The molecule has 0 saturated heterocycles. The van der Waals surface area contributed by atoms with Crippen molar-refractivity contribution in [2.45, 2.75) is 6.92 Å². The van der Waals surface area contributed by atoms with Crippen molar-refractivity contribution in [1.29, 1.82) is 0 Å². The first-order chi connectivity index (χ1) is 10.9. The summed E-state index contributed by atoms with van der Waals surface area (Å²) < 4.78 is 13.1. The maximum Gasteiger partial charge on any atom is 0.244 e. The molecular weight excluding hydrogens is 342 g/mol. The van der Waals surface area contributed by atoms with Crippen LogP contribution >= 0.6 is 23.2 Å². The van der Waals surface area contributed by atoms with E-state index in [0.717, 1.165) is 0 Å². The number of anilines is 2. The highest BCUT2D eigenvalue weighted by molar-refractivity contribution is 6.36. The maximum atomic E-state index is 13.1. The van der Waals surface area contributed by atoms with Gasteiger partial charge in [-0.15, -0.1) is 0 Å². The Morgan fingerprint density at radius 3 is 2.52 bits per heavy atom. The Labute approximate surface area is 142 Å². The largest absolute Gasteiger partial charge is 0.324 e. The summed E-state index contributed by atoms with van der Waals surface area (Å²) >= 11 is 11.9. The van der Waals surface area contributed by atoms with E-state index in [0.29, 0.717) is 16.4 Å². The first kappa shape index (κ1) is 17.2. The van der Waals surface area contributed by atoms with Crippen molar-refractivity contribution in [3.05, 3.63) is 58.3 Å². The minimum Gasteiger partial charge on any atom is -0.324 e. The minimum absolute atomic E-state index is 0.256. The fraction of sp³-hybridized carbons (Fsp3) is 0.125. The summed E-state index contributed by atoms with van der Waals surface area (Å²) in [6.45, 7) is 1.06. The number of benzene rings is 2.